The third-order valence-electron chi connectivity index (χ3n) is 4.72. The second kappa shape index (κ2) is 11.6. The molecule has 2 rings (SSSR count). The fourth-order valence-corrected chi connectivity index (χ4v) is 3.53. The van der Waals surface area contributed by atoms with E-state index in [2.05, 4.69) is 19.2 Å². The van der Waals surface area contributed by atoms with Gasteiger partial charge in [0, 0.05) is 18.7 Å². The zero-order valence-electron chi connectivity index (χ0n) is 16.7. The summed E-state index contributed by atoms with van der Waals surface area (Å²) in [5, 5.41) is 3.62. The van der Waals surface area contributed by atoms with Gasteiger partial charge in [0.1, 0.15) is 0 Å². The molecule has 0 bridgehead atoms. The van der Waals surface area contributed by atoms with Gasteiger partial charge in [-0.15, -0.1) is 12.4 Å². The van der Waals surface area contributed by atoms with Crippen molar-refractivity contribution in [3.05, 3.63) is 22.7 Å². The van der Waals surface area contributed by atoms with Crippen molar-refractivity contribution in [3.8, 4) is 11.5 Å². The number of methoxy groups -OCH3 is 1. The lowest BCUT2D eigenvalue weighted by molar-refractivity contribution is 0.0674. The first-order valence-electron chi connectivity index (χ1n) is 9.40. The van der Waals surface area contributed by atoms with Crippen molar-refractivity contribution in [2.75, 3.05) is 40.4 Å². The Hall–Kier alpha value is -1.17. The lowest BCUT2D eigenvalue weighted by Gasteiger charge is -2.33. The molecule has 1 amide bonds. The highest BCUT2D eigenvalue weighted by atomic mass is 35.5. The molecule has 0 radical (unpaired) electrons. The van der Waals surface area contributed by atoms with Crippen molar-refractivity contribution in [1.82, 2.24) is 10.2 Å². The Morgan fingerprint density at radius 2 is 2.15 bits per heavy atom. The number of hydrogen-bond donors (Lipinski definition) is 1. The van der Waals surface area contributed by atoms with Crippen molar-refractivity contribution in [3.63, 3.8) is 0 Å². The van der Waals surface area contributed by atoms with Gasteiger partial charge in [0.2, 0.25) is 0 Å². The summed E-state index contributed by atoms with van der Waals surface area (Å²) >= 11 is 6.40. The van der Waals surface area contributed by atoms with Crippen molar-refractivity contribution >= 4 is 29.9 Å². The second-order valence-electron chi connectivity index (χ2n) is 7.34. The number of benzene rings is 1. The van der Waals surface area contributed by atoms with Crippen LogP contribution in [-0.2, 0) is 0 Å². The molecule has 1 unspecified atom stereocenters. The van der Waals surface area contributed by atoms with Crippen LogP contribution in [0.15, 0.2) is 12.1 Å². The highest BCUT2D eigenvalue weighted by Crippen LogP contribution is 2.37. The summed E-state index contributed by atoms with van der Waals surface area (Å²) < 4.78 is 11.2. The molecule has 1 aliphatic heterocycles. The smallest absolute Gasteiger partial charge is 0.254 e. The van der Waals surface area contributed by atoms with Gasteiger partial charge in [-0.05, 0) is 56.8 Å². The summed E-state index contributed by atoms with van der Waals surface area (Å²) in [5.74, 6) is 2.06. The van der Waals surface area contributed by atoms with Gasteiger partial charge in [0.25, 0.3) is 5.91 Å². The Balaban J connectivity index is 0.00000364. The van der Waals surface area contributed by atoms with Crippen LogP contribution in [-0.4, -0.2) is 51.2 Å². The van der Waals surface area contributed by atoms with Gasteiger partial charge >= 0.3 is 0 Å². The molecule has 27 heavy (non-hydrogen) atoms. The molecule has 1 saturated heterocycles. The number of carbonyl (C=O) groups excluding carboxylic acids is 1. The molecule has 7 heteroatoms. The molecule has 1 fully saturated rings. The lowest BCUT2D eigenvalue weighted by atomic mass is 9.97. The number of nitrogens with one attached hydrogen (secondary N) is 1. The van der Waals surface area contributed by atoms with Gasteiger partial charge < -0.3 is 19.7 Å². The van der Waals surface area contributed by atoms with E-state index < -0.39 is 0 Å². The van der Waals surface area contributed by atoms with E-state index in [0.29, 0.717) is 40.5 Å². The van der Waals surface area contributed by atoms with Crippen LogP contribution in [0.5, 0.6) is 11.5 Å². The Morgan fingerprint density at radius 1 is 1.41 bits per heavy atom. The molecule has 0 saturated carbocycles. The van der Waals surface area contributed by atoms with Crippen LogP contribution in [0.2, 0.25) is 5.02 Å². The maximum Gasteiger partial charge on any atom is 0.254 e. The third-order valence-corrected chi connectivity index (χ3v) is 5.00. The summed E-state index contributed by atoms with van der Waals surface area (Å²) in [7, 11) is 3.52. The van der Waals surface area contributed by atoms with Crippen molar-refractivity contribution in [2.45, 2.75) is 33.1 Å². The molecule has 0 aromatic heterocycles. The quantitative estimate of drug-likeness (QED) is 0.684. The first kappa shape index (κ1) is 23.9. The lowest BCUT2D eigenvalue weighted by Crippen LogP contribution is -2.42. The zero-order valence-corrected chi connectivity index (χ0v) is 18.3. The molecule has 1 aliphatic rings. The van der Waals surface area contributed by atoms with E-state index in [9.17, 15) is 4.79 Å². The molecular formula is C20H32Cl2N2O3. The van der Waals surface area contributed by atoms with E-state index >= 15 is 0 Å². The molecule has 1 atom stereocenters. The predicted molar refractivity (Wildman–Crippen MR) is 113 cm³/mol. The molecule has 1 aromatic carbocycles. The topological polar surface area (TPSA) is 50.8 Å². The van der Waals surface area contributed by atoms with Crippen LogP contribution in [0.25, 0.3) is 0 Å². The van der Waals surface area contributed by atoms with Crippen LogP contribution in [0.1, 0.15) is 43.5 Å². The van der Waals surface area contributed by atoms with Crippen LogP contribution < -0.4 is 14.8 Å². The molecule has 154 valence electrons. The number of piperidine rings is 1. The molecule has 1 heterocycles. The van der Waals surface area contributed by atoms with Gasteiger partial charge in [0.05, 0.1) is 18.7 Å². The normalized spacial score (nSPS) is 16.8. The number of rotatable bonds is 8. The molecule has 0 spiro atoms. The van der Waals surface area contributed by atoms with E-state index in [4.69, 9.17) is 21.1 Å². The van der Waals surface area contributed by atoms with Gasteiger partial charge in [-0.1, -0.05) is 25.4 Å². The minimum atomic E-state index is -0.000247. The molecular weight excluding hydrogens is 387 g/mol. The summed E-state index contributed by atoms with van der Waals surface area (Å²) in [4.78, 5) is 14.8. The fourth-order valence-electron chi connectivity index (χ4n) is 3.27. The molecule has 1 N–H and O–H groups in total. The zero-order chi connectivity index (χ0) is 19.1. The number of carbonyl (C=O) groups is 1. The van der Waals surface area contributed by atoms with Gasteiger partial charge in [-0.2, -0.15) is 0 Å². The van der Waals surface area contributed by atoms with E-state index in [1.54, 1.807) is 19.2 Å². The van der Waals surface area contributed by atoms with Crippen LogP contribution in [0, 0.1) is 11.8 Å². The minimum Gasteiger partial charge on any atom is -0.493 e. The fraction of sp³-hybridized carbons (Fsp3) is 0.650. The molecule has 5 nitrogen and oxygen atoms in total. The Bertz CT molecular complexity index is 609. The number of hydrogen-bond acceptors (Lipinski definition) is 4. The first-order valence-corrected chi connectivity index (χ1v) is 9.78. The number of likely N-dealkylation sites (tertiary alicyclic amines) is 1. The van der Waals surface area contributed by atoms with Crippen molar-refractivity contribution in [2.24, 2.45) is 11.8 Å². The largest absolute Gasteiger partial charge is 0.493 e. The number of nitrogens with zero attached hydrogens (tertiary/aromatic N) is 1. The first-order chi connectivity index (χ1) is 12.5. The van der Waals surface area contributed by atoms with Crippen LogP contribution >= 0.6 is 24.0 Å². The van der Waals surface area contributed by atoms with Crippen molar-refractivity contribution < 1.29 is 14.3 Å². The average Bonchev–Trinajstić information content (AvgIpc) is 2.62. The highest BCUT2D eigenvalue weighted by Gasteiger charge is 2.25. The Kier molecular flexibility index (Phi) is 10.3. The minimum absolute atomic E-state index is 0. The van der Waals surface area contributed by atoms with E-state index in [0.717, 1.165) is 38.9 Å². The summed E-state index contributed by atoms with van der Waals surface area (Å²) in [6, 6.07) is 3.43. The SMILES string of the molecule is CNCC1CCCN(C(=O)c2cc(Cl)c(OCCC(C)C)c(OC)c2)C1.Cl. The summed E-state index contributed by atoms with van der Waals surface area (Å²) in [6.45, 7) is 7.33. The molecule has 1 aromatic rings. The standard InChI is InChI=1S/C20H31ClN2O3.ClH/c1-14(2)7-9-26-19-17(21)10-16(11-18(19)25-4)20(24)23-8-5-6-15(13-23)12-22-3;/h10-11,14-15,22H,5-9,12-13H2,1-4H3;1H. The monoisotopic (exact) mass is 418 g/mol. The van der Waals surface area contributed by atoms with Crippen molar-refractivity contribution in [1.29, 1.82) is 0 Å². The van der Waals surface area contributed by atoms with E-state index in [1.165, 1.54) is 0 Å². The predicted octanol–water partition coefficient (Wildman–Crippen LogP) is 4.27. The average molecular weight is 419 g/mol. The van der Waals surface area contributed by atoms with E-state index in [1.807, 2.05) is 11.9 Å². The van der Waals surface area contributed by atoms with Gasteiger partial charge in [0.15, 0.2) is 11.5 Å². The van der Waals surface area contributed by atoms with E-state index in [-0.39, 0.29) is 18.3 Å². The highest BCUT2D eigenvalue weighted by molar-refractivity contribution is 6.32. The third kappa shape index (κ3) is 6.74. The van der Waals surface area contributed by atoms with Gasteiger partial charge in [-0.25, -0.2) is 0 Å². The second-order valence-corrected chi connectivity index (χ2v) is 7.74. The summed E-state index contributed by atoms with van der Waals surface area (Å²) in [6.07, 6.45) is 3.11. The number of amides is 1. The maximum absolute atomic E-state index is 12.9. The van der Waals surface area contributed by atoms with Gasteiger partial charge in [-0.3, -0.25) is 4.79 Å². The Labute approximate surface area is 174 Å². The summed E-state index contributed by atoms with van der Waals surface area (Å²) in [5.41, 5.74) is 0.549. The maximum atomic E-state index is 12.9. The number of halogens is 2. The Morgan fingerprint density at radius 3 is 2.78 bits per heavy atom. The molecule has 0 aliphatic carbocycles. The van der Waals surface area contributed by atoms with Crippen LogP contribution in [0.4, 0.5) is 0 Å². The van der Waals surface area contributed by atoms with Crippen LogP contribution in [0.3, 0.4) is 0 Å². The number of ether oxygens (including phenoxy) is 2.